The largest absolute Gasteiger partial charge is 0.355 e. The summed E-state index contributed by atoms with van der Waals surface area (Å²) in [5, 5.41) is 6.13. The Morgan fingerprint density at radius 3 is 3.07 bits per heavy atom. The van der Waals surface area contributed by atoms with Crippen LogP contribution in [0.3, 0.4) is 0 Å². The summed E-state index contributed by atoms with van der Waals surface area (Å²) in [6.45, 7) is 7.85. The number of hydrogen-bond donors (Lipinski definition) is 3. The number of nitrogens with zero attached hydrogens (tertiary/aromatic N) is 1. The van der Waals surface area contributed by atoms with E-state index in [-0.39, 0.29) is 18.0 Å². The third-order valence-corrected chi connectivity index (χ3v) is 2.90. The van der Waals surface area contributed by atoms with Crippen molar-refractivity contribution in [2.24, 2.45) is 5.73 Å². The van der Waals surface area contributed by atoms with Gasteiger partial charge < -0.3 is 16.4 Å². The van der Waals surface area contributed by atoms with E-state index in [9.17, 15) is 4.79 Å². The van der Waals surface area contributed by atoms with Gasteiger partial charge in [0, 0.05) is 38.8 Å². The zero-order valence-corrected chi connectivity index (χ0v) is 9.62. The van der Waals surface area contributed by atoms with E-state index in [0.29, 0.717) is 13.1 Å². The van der Waals surface area contributed by atoms with Gasteiger partial charge in [0.25, 0.3) is 0 Å². The van der Waals surface area contributed by atoms with Crippen LogP contribution in [0.1, 0.15) is 13.8 Å². The van der Waals surface area contributed by atoms with Crippen molar-refractivity contribution >= 4 is 5.91 Å². The second-order valence-corrected chi connectivity index (χ2v) is 3.90. The van der Waals surface area contributed by atoms with Crippen LogP contribution in [0.25, 0.3) is 0 Å². The summed E-state index contributed by atoms with van der Waals surface area (Å²) in [7, 11) is 0. The van der Waals surface area contributed by atoms with Crippen molar-refractivity contribution in [2.75, 3.05) is 32.7 Å². The van der Waals surface area contributed by atoms with Crippen molar-refractivity contribution in [1.82, 2.24) is 15.5 Å². The molecule has 1 rings (SSSR count). The van der Waals surface area contributed by atoms with Crippen molar-refractivity contribution in [2.45, 2.75) is 25.9 Å². The van der Waals surface area contributed by atoms with Crippen LogP contribution in [0.4, 0.5) is 0 Å². The highest BCUT2D eigenvalue weighted by Gasteiger charge is 2.28. The highest BCUT2D eigenvalue weighted by molar-refractivity contribution is 5.81. The van der Waals surface area contributed by atoms with E-state index >= 15 is 0 Å². The van der Waals surface area contributed by atoms with Gasteiger partial charge in [0.1, 0.15) is 0 Å². The minimum atomic E-state index is -0.0828. The molecule has 0 aromatic carbocycles. The van der Waals surface area contributed by atoms with Crippen molar-refractivity contribution in [3.63, 3.8) is 0 Å². The molecule has 5 nitrogen and oxygen atoms in total. The first-order chi connectivity index (χ1) is 7.20. The van der Waals surface area contributed by atoms with E-state index < -0.39 is 0 Å². The Kier molecular flexibility index (Phi) is 5.01. The number of piperazine rings is 1. The molecule has 15 heavy (non-hydrogen) atoms. The molecule has 0 aromatic rings. The molecule has 1 fully saturated rings. The lowest BCUT2D eigenvalue weighted by Gasteiger charge is -2.38. The number of hydrogen-bond acceptors (Lipinski definition) is 4. The van der Waals surface area contributed by atoms with E-state index in [1.54, 1.807) is 0 Å². The van der Waals surface area contributed by atoms with E-state index in [1.807, 2.05) is 13.8 Å². The van der Waals surface area contributed by atoms with E-state index in [1.165, 1.54) is 0 Å². The highest BCUT2D eigenvalue weighted by atomic mass is 16.2. The van der Waals surface area contributed by atoms with Crippen molar-refractivity contribution in [3.05, 3.63) is 0 Å². The molecule has 4 N–H and O–H groups in total. The van der Waals surface area contributed by atoms with Gasteiger partial charge in [-0.3, -0.25) is 9.69 Å². The van der Waals surface area contributed by atoms with Gasteiger partial charge in [0.15, 0.2) is 0 Å². The first-order valence-corrected chi connectivity index (χ1v) is 5.65. The van der Waals surface area contributed by atoms with Gasteiger partial charge in [-0.15, -0.1) is 0 Å². The lowest BCUT2D eigenvalue weighted by molar-refractivity contribution is -0.126. The van der Waals surface area contributed by atoms with E-state index in [4.69, 9.17) is 5.73 Å². The molecule has 1 amide bonds. The van der Waals surface area contributed by atoms with Crippen LogP contribution in [0.5, 0.6) is 0 Å². The maximum absolute atomic E-state index is 11.7. The zero-order valence-electron chi connectivity index (χ0n) is 9.62. The van der Waals surface area contributed by atoms with Gasteiger partial charge >= 0.3 is 0 Å². The molecule has 0 radical (unpaired) electrons. The molecule has 2 unspecified atom stereocenters. The smallest absolute Gasteiger partial charge is 0.237 e. The second-order valence-electron chi connectivity index (χ2n) is 3.90. The lowest BCUT2D eigenvalue weighted by atomic mass is 10.1. The number of carbonyl (C=O) groups excluding carboxylic acids is 1. The van der Waals surface area contributed by atoms with Crippen LogP contribution in [0.2, 0.25) is 0 Å². The molecule has 2 atom stereocenters. The quantitative estimate of drug-likeness (QED) is 0.546. The number of carbonyl (C=O) groups is 1. The molecular weight excluding hydrogens is 192 g/mol. The van der Waals surface area contributed by atoms with Gasteiger partial charge in [-0.2, -0.15) is 0 Å². The Bertz CT molecular complexity index is 210. The molecule has 1 aliphatic heterocycles. The predicted octanol–water partition coefficient (Wildman–Crippen LogP) is -1.26. The summed E-state index contributed by atoms with van der Waals surface area (Å²) >= 11 is 0. The Labute approximate surface area is 91.4 Å². The van der Waals surface area contributed by atoms with Crippen LogP contribution >= 0.6 is 0 Å². The second kappa shape index (κ2) is 6.05. The molecule has 0 spiro atoms. The number of amides is 1. The lowest BCUT2D eigenvalue weighted by Crippen LogP contribution is -2.60. The molecule has 1 aliphatic rings. The zero-order chi connectivity index (χ0) is 11.3. The molecule has 1 saturated heterocycles. The summed E-state index contributed by atoms with van der Waals surface area (Å²) in [6.07, 6.45) is 0. The maximum Gasteiger partial charge on any atom is 0.237 e. The molecule has 1 heterocycles. The third kappa shape index (κ3) is 3.15. The van der Waals surface area contributed by atoms with Crippen LogP contribution in [-0.4, -0.2) is 55.6 Å². The topological polar surface area (TPSA) is 70.4 Å². The van der Waals surface area contributed by atoms with Gasteiger partial charge in [-0.25, -0.2) is 0 Å². The third-order valence-electron chi connectivity index (χ3n) is 2.90. The summed E-state index contributed by atoms with van der Waals surface area (Å²) < 4.78 is 0. The summed E-state index contributed by atoms with van der Waals surface area (Å²) in [5.41, 5.74) is 5.69. The van der Waals surface area contributed by atoms with Crippen LogP contribution < -0.4 is 16.4 Å². The predicted molar refractivity (Wildman–Crippen MR) is 60.6 cm³/mol. The molecule has 88 valence electrons. The van der Waals surface area contributed by atoms with E-state index in [0.717, 1.165) is 19.6 Å². The fraction of sp³-hybridized carbons (Fsp3) is 0.900. The molecule has 5 heteroatoms. The van der Waals surface area contributed by atoms with Crippen LogP contribution in [0.15, 0.2) is 0 Å². The Hall–Kier alpha value is -0.650. The van der Waals surface area contributed by atoms with E-state index in [2.05, 4.69) is 15.5 Å². The number of nitrogens with one attached hydrogen (secondary N) is 2. The highest BCUT2D eigenvalue weighted by Crippen LogP contribution is 2.07. The maximum atomic E-state index is 11.7. The Morgan fingerprint density at radius 1 is 1.73 bits per heavy atom. The fourth-order valence-electron chi connectivity index (χ4n) is 1.98. The monoisotopic (exact) mass is 214 g/mol. The van der Waals surface area contributed by atoms with Crippen LogP contribution in [0, 0.1) is 0 Å². The average molecular weight is 214 g/mol. The molecular formula is C10H22N4O. The standard InChI is InChI=1S/C10H22N4O/c1-3-13-10(15)8(2)14-5-4-12-7-9(14)6-11/h8-9,12H,3-7,11H2,1-2H3,(H,13,15). The Morgan fingerprint density at radius 2 is 2.47 bits per heavy atom. The van der Waals surface area contributed by atoms with Crippen molar-refractivity contribution in [1.29, 1.82) is 0 Å². The first kappa shape index (κ1) is 12.4. The summed E-state index contributed by atoms with van der Waals surface area (Å²) in [5.74, 6) is 0.0952. The molecule has 0 aromatic heterocycles. The van der Waals surface area contributed by atoms with Crippen molar-refractivity contribution in [3.8, 4) is 0 Å². The van der Waals surface area contributed by atoms with Crippen LogP contribution in [-0.2, 0) is 4.79 Å². The minimum absolute atomic E-state index is 0.0828. The van der Waals surface area contributed by atoms with Gasteiger partial charge in [-0.1, -0.05) is 0 Å². The SMILES string of the molecule is CCNC(=O)C(C)N1CCNCC1CN. The summed E-state index contributed by atoms with van der Waals surface area (Å²) in [6, 6.07) is 0.192. The molecule has 0 bridgehead atoms. The number of nitrogens with two attached hydrogens (primary N) is 1. The molecule has 0 aliphatic carbocycles. The molecule has 0 saturated carbocycles. The average Bonchev–Trinajstić information content (AvgIpc) is 2.28. The number of rotatable bonds is 4. The number of likely N-dealkylation sites (N-methyl/N-ethyl adjacent to an activating group) is 1. The van der Waals surface area contributed by atoms with Gasteiger partial charge in [0.05, 0.1) is 6.04 Å². The Balaban J connectivity index is 2.54. The fourth-order valence-corrected chi connectivity index (χ4v) is 1.98. The van der Waals surface area contributed by atoms with Gasteiger partial charge in [-0.05, 0) is 13.8 Å². The summed E-state index contributed by atoms with van der Waals surface area (Å²) in [4.78, 5) is 13.9. The minimum Gasteiger partial charge on any atom is -0.355 e. The van der Waals surface area contributed by atoms with Gasteiger partial charge in [0.2, 0.25) is 5.91 Å². The normalized spacial score (nSPS) is 24.9. The first-order valence-electron chi connectivity index (χ1n) is 5.65. The van der Waals surface area contributed by atoms with Crippen molar-refractivity contribution < 1.29 is 4.79 Å².